The summed E-state index contributed by atoms with van der Waals surface area (Å²) in [6, 6.07) is 0. The van der Waals surface area contributed by atoms with Crippen molar-refractivity contribution in [1.82, 2.24) is 15.5 Å². The van der Waals surface area contributed by atoms with Gasteiger partial charge in [-0.2, -0.15) is 0 Å². The molecule has 3 nitrogen and oxygen atoms in total. The lowest BCUT2D eigenvalue weighted by Gasteiger charge is -1.95. The molecule has 1 aromatic rings. The topological polar surface area (TPSA) is 37.8 Å². The van der Waals surface area contributed by atoms with Gasteiger partial charge < -0.3 is 5.32 Å². The van der Waals surface area contributed by atoms with Crippen molar-refractivity contribution in [1.29, 1.82) is 0 Å². The van der Waals surface area contributed by atoms with E-state index in [2.05, 4.69) is 29.4 Å². The van der Waals surface area contributed by atoms with Crippen molar-refractivity contribution in [2.45, 2.75) is 26.7 Å². The van der Waals surface area contributed by atoms with Gasteiger partial charge in [0.25, 0.3) is 0 Å². The first kappa shape index (κ1) is 9.61. The van der Waals surface area contributed by atoms with Crippen molar-refractivity contribution in [3.63, 3.8) is 0 Å². The van der Waals surface area contributed by atoms with Crippen LogP contribution in [0.5, 0.6) is 0 Å². The number of rotatable bonds is 5. The van der Waals surface area contributed by atoms with Gasteiger partial charge in [-0.15, -0.1) is 21.5 Å². The Balaban J connectivity index is 0.00000144. The molecule has 0 amide bonds. The Hall–Kier alpha value is -0.480. The standard InChI is InChI=1S/C8H15N3S.H2/c1-3-7-10-11-8(12-7)5-6-9-4-2;/h9H,3-6H2,1-2H3;1H. The molecule has 0 aliphatic rings. The molecule has 0 radical (unpaired) electrons. The Morgan fingerprint density at radius 3 is 2.67 bits per heavy atom. The summed E-state index contributed by atoms with van der Waals surface area (Å²) < 4.78 is 0. The zero-order valence-corrected chi connectivity index (χ0v) is 8.45. The molecule has 1 rings (SSSR count). The summed E-state index contributed by atoms with van der Waals surface area (Å²) in [6.45, 7) is 6.25. The first-order chi connectivity index (χ1) is 5.86. The Morgan fingerprint density at radius 1 is 1.33 bits per heavy atom. The van der Waals surface area contributed by atoms with Gasteiger partial charge in [-0.25, -0.2) is 0 Å². The van der Waals surface area contributed by atoms with Gasteiger partial charge in [-0.3, -0.25) is 0 Å². The summed E-state index contributed by atoms with van der Waals surface area (Å²) >= 11 is 1.72. The molecule has 0 spiro atoms. The number of nitrogens with zero attached hydrogens (tertiary/aromatic N) is 2. The van der Waals surface area contributed by atoms with Crippen molar-refractivity contribution in [3.8, 4) is 0 Å². The first-order valence-electron chi connectivity index (χ1n) is 4.38. The molecule has 12 heavy (non-hydrogen) atoms. The lowest BCUT2D eigenvalue weighted by molar-refractivity contribution is 0.710. The maximum Gasteiger partial charge on any atom is 0.118 e. The van der Waals surface area contributed by atoms with Crippen LogP contribution in [0.15, 0.2) is 0 Å². The molecule has 0 aliphatic heterocycles. The molecular formula is C8H17N3S. The van der Waals surface area contributed by atoms with E-state index >= 15 is 0 Å². The van der Waals surface area contributed by atoms with Crippen LogP contribution in [0.4, 0.5) is 0 Å². The predicted molar refractivity (Wildman–Crippen MR) is 53.6 cm³/mol. The van der Waals surface area contributed by atoms with Crippen LogP contribution in [0.2, 0.25) is 0 Å². The van der Waals surface area contributed by atoms with Crippen LogP contribution >= 0.6 is 11.3 Å². The van der Waals surface area contributed by atoms with E-state index in [1.165, 1.54) is 0 Å². The minimum atomic E-state index is 0. The minimum absolute atomic E-state index is 0. The van der Waals surface area contributed by atoms with Gasteiger partial charge in [-0.05, 0) is 13.0 Å². The second kappa shape index (κ2) is 5.22. The van der Waals surface area contributed by atoms with Gasteiger partial charge in [-0.1, -0.05) is 13.8 Å². The Kier molecular flexibility index (Phi) is 4.18. The quantitative estimate of drug-likeness (QED) is 0.710. The monoisotopic (exact) mass is 187 g/mol. The van der Waals surface area contributed by atoms with E-state index in [1.807, 2.05) is 0 Å². The van der Waals surface area contributed by atoms with Crippen molar-refractivity contribution < 1.29 is 1.43 Å². The number of hydrogen-bond acceptors (Lipinski definition) is 4. The molecular weight excluding hydrogens is 170 g/mol. The molecule has 0 aromatic carbocycles. The number of aromatic nitrogens is 2. The average Bonchev–Trinajstić information content (AvgIpc) is 2.53. The Morgan fingerprint density at radius 2 is 2.08 bits per heavy atom. The number of aryl methyl sites for hydroxylation is 1. The van der Waals surface area contributed by atoms with Crippen LogP contribution in [-0.2, 0) is 12.8 Å². The van der Waals surface area contributed by atoms with E-state index in [1.54, 1.807) is 11.3 Å². The van der Waals surface area contributed by atoms with Crippen molar-refractivity contribution >= 4 is 11.3 Å². The highest BCUT2D eigenvalue weighted by Gasteiger charge is 2.00. The molecule has 1 heterocycles. The number of nitrogens with one attached hydrogen (secondary N) is 1. The SMILES string of the molecule is CCNCCc1nnc(CC)s1.[HH]. The van der Waals surface area contributed by atoms with Gasteiger partial charge in [0.05, 0.1) is 0 Å². The largest absolute Gasteiger partial charge is 0.317 e. The van der Waals surface area contributed by atoms with E-state index in [0.29, 0.717) is 0 Å². The molecule has 1 aromatic heterocycles. The van der Waals surface area contributed by atoms with Gasteiger partial charge >= 0.3 is 0 Å². The minimum Gasteiger partial charge on any atom is -0.317 e. The zero-order valence-electron chi connectivity index (χ0n) is 7.63. The molecule has 0 unspecified atom stereocenters. The van der Waals surface area contributed by atoms with Crippen LogP contribution < -0.4 is 5.32 Å². The number of likely N-dealkylation sites (N-methyl/N-ethyl adjacent to an activating group) is 1. The van der Waals surface area contributed by atoms with Crippen LogP contribution in [-0.4, -0.2) is 23.3 Å². The summed E-state index contributed by atoms with van der Waals surface area (Å²) in [5, 5.41) is 13.7. The summed E-state index contributed by atoms with van der Waals surface area (Å²) in [7, 11) is 0. The maximum atomic E-state index is 4.09. The van der Waals surface area contributed by atoms with Gasteiger partial charge in [0.15, 0.2) is 0 Å². The van der Waals surface area contributed by atoms with Crippen LogP contribution in [0.25, 0.3) is 0 Å². The first-order valence-corrected chi connectivity index (χ1v) is 5.20. The number of hydrogen-bond donors (Lipinski definition) is 1. The highest BCUT2D eigenvalue weighted by Crippen LogP contribution is 2.09. The molecule has 0 saturated carbocycles. The van der Waals surface area contributed by atoms with E-state index in [-0.39, 0.29) is 1.43 Å². The van der Waals surface area contributed by atoms with Crippen LogP contribution in [0, 0.1) is 0 Å². The third-order valence-corrected chi connectivity index (χ3v) is 2.70. The summed E-state index contributed by atoms with van der Waals surface area (Å²) in [5.74, 6) is 0. The second-order valence-electron chi connectivity index (χ2n) is 2.55. The lowest BCUT2D eigenvalue weighted by atomic mass is 10.4. The third-order valence-electron chi connectivity index (χ3n) is 1.58. The second-order valence-corrected chi connectivity index (χ2v) is 3.69. The van der Waals surface area contributed by atoms with Gasteiger partial charge in [0, 0.05) is 14.4 Å². The van der Waals surface area contributed by atoms with Crippen molar-refractivity contribution in [3.05, 3.63) is 10.0 Å². The highest BCUT2D eigenvalue weighted by atomic mass is 32.1. The fraction of sp³-hybridized carbons (Fsp3) is 0.750. The Bertz CT molecular complexity index is 227. The molecule has 4 heteroatoms. The highest BCUT2D eigenvalue weighted by molar-refractivity contribution is 7.11. The normalized spacial score (nSPS) is 10.5. The third kappa shape index (κ3) is 2.87. The summed E-state index contributed by atoms with van der Waals surface area (Å²) in [5.41, 5.74) is 0. The molecule has 70 valence electrons. The van der Waals surface area contributed by atoms with E-state index < -0.39 is 0 Å². The predicted octanol–water partition coefficient (Wildman–Crippen LogP) is 1.50. The van der Waals surface area contributed by atoms with Crippen molar-refractivity contribution in [2.75, 3.05) is 13.1 Å². The molecule has 0 fully saturated rings. The zero-order chi connectivity index (χ0) is 8.81. The summed E-state index contributed by atoms with van der Waals surface area (Å²) in [6.07, 6.45) is 2.00. The maximum absolute atomic E-state index is 4.09. The summed E-state index contributed by atoms with van der Waals surface area (Å²) in [4.78, 5) is 0. The molecule has 0 saturated heterocycles. The molecule has 0 atom stereocenters. The Labute approximate surface area is 78.7 Å². The fourth-order valence-electron chi connectivity index (χ4n) is 0.904. The molecule has 0 bridgehead atoms. The fourth-order valence-corrected chi connectivity index (χ4v) is 1.69. The van der Waals surface area contributed by atoms with E-state index in [4.69, 9.17) is 0 Å². The average molecular weight is 187 g/mol. The van der Waals surface area contributed by atoms with E-state index in [9.17, 15) is 0 Å². The lowest BCUT2D eigenvalue weighted by Crippen LogP contribution is -2.15. The van der Waals surface area contributed by atoms with Crippen LogP contribution in [0.3, 0.4) is 0 Å². The van der Waals surface area contributed by atoms with Gasteiger partial charge in [0.2, 0.25) is 0 Å². The van der Waals surface area contributed by atoms with Crippen LogP contribution in [0.1, 0.15) is 25.3 Å². The van der Waals surface area contributed by atoms with Crippen molar-refractivity contribution in [2.24, 2.45) is 0 Å². The molecule has 0 aliphatic carbocycles. The van der Waals surface area contributed by atoms with E-state index in [0.717, 1.165) is 35.9 Å². The molecule has 1 N–H and O–H groups in total. The smallest absolute Gasteiger partial charge is 0.118 e. The van der Waals surface area contributed by atoms with Gasteiger partial charge in [0.1, 0.15) is 10.0 Å².